The van der Waals surface area contributed by atoms with Gasteiger partial charge in [-0.15, -0.1) is 0 Å². The van der Waals surface area contributed by atoms with E-state index >= 15 is 0 Å². The zero-order chi connectivity index (χ0) is 27.4. The zero-order valence-electron chi connectivity index (χ0n) is 19.8. The number of hydrogen-bond acceptors (Lipinski definition) is 6. The first kappa shape index (κ1) is 27.7. The van der Waals surface area contributed by atoms with Crippen molar-refractivity contribution in [2.24, 2.45) is 0 Å². The highest BCUT2D eigenvalue weighted by molar-refractivity contribution is 7.89. The van der Waals surface area contributed by atoms with E-state index in [9.17, 15) is 36.3 Å². The largest absolute Gasteiger partial charge is 0.489 e. The van der Waals surface area contributed by atoms with Gasteiger partial charge in [-0.05, 0) is 36.2 Å². The smallest absolute Gasteiger partial charge is 0.416 e. The van der Waals surface area contributed by atoms with Crippen LogP contribution in [0.4, 0.5) is 13.2 Å². The molecular weight excluding hydrogens is 515 g/mol. The van der Waals surface area contributed by atoms with Crippen LogP contribution in [0.1, 0.15) is 57.8 Å². The van der Waals surface area contributed by atoms with E-state index in [-0.39, 0.29) is 17.9 Å². The number of carboxylic acids is 1. The molecule has 0 aliphatic heterocycles. The summed E-state index contributed by atoms with van der Waals surface area (Å²) in [5.41, 5.74) is -0.766. The van der Waals surface area contributed by atoms with Gasteiger partial charge < -0.3 is 14.8 Å². The summed E-state index contributed by atoms with van der Waals surface area (Å²) in [5, 5.41) is 9.74. The molecular formula is C24H24F3N3O6S. The fourth-order valence-corrected chi connectivity index (χ4v) is 4.02. The summed E-state index contributed by atoms with van der Waals surface area (Å²) in [5.74, 6) is -2.40. The second-order valence-corrected chi connectivity index (χ2v) is 9.99. The van der Waals surface area contributed by atoms with Crippen LogP contribution in [0.2, 0.25) is 0 Å². The Morgan fingerprint density at radius 2 is 1.84 bits per heavy atom. The number of hydrogen-bond donors (Lipinski definition) is 3. The number of H-pyrrole nitrogens is 1. The molecule has 0 saturated heterocycles. The van der Waals surface area contributed by atoms with Crippen molar-refractivity contribution in [3.63, 3.8) is 0 Å². The molecule has 3 rings (SSSR count). The number of carbonyl (C=O) groups is 2. The minimum Gasteiger partial charge on any atom is -0.489 e. The minimum atomic E-state index is -4.75. The lowest BCUT2D eigenvalue weighted by atomic mass is 9.96. The van der Waals surface area contributed by atoms with Crippen LogP contribution in [-0.2, 0) is 34.0 Å². The lowest BCUT2D eigenvalue weighted by Gasteiger charge is -2.15. The molecule has 0 saturated carbocycles. The van der Waals surface area contributed by atoms with E-state index < -0.39 is 45.1 Å². The Kier molecular flexibility index (Phi) is 8.26. The van der Waals surface area contributed by atoms with Crippen molar-refractivity contribution in [3.8, 4) is 5.75 Å². The Hall–Kier alpha value is -3.87. The number of imidazole rings is 1. The van der Waals surface area contributed by atoms with E-state index in [1.807, 2.05) is 6.92 Å². The number of amides is 1. The second-order valence-electron chi connectivity index (χ2n) is 8.24. The van der Waals surface area contributed by atoms with Gasteiger partial charge in [-0.3, -0.25) is 9.59 Å². The van der Waals surface area contributed by atoms with Crippen LogP contribution in [0.5, 0.6) is 5.75 Å². The third-order valence-corrected chi connectivity index (χ3v) is 5.82. The fourth-order valence-electron chi connectivity index (χ4n) is 3.58. The van der Waals surface area contributed by atoms with Gasteiger partial charge in [0.05, 0.1) is 17.5 Å². The molecule has 9 nitrogen and oxygen atoms in total. The van der Waals surface area contributed by atoms with E-state index in [0.29, 0.717) is 35.8 Å². The molecule has 0 spiro atoms. The van der Waals surface area contributed by atoms with Gasteiger partial charge in [0.15, 0.2) is 0 Å². The van der Waals surface area contributed by atoms with Crippen LogP contribution in [-0.4, -0.2) is 41.6 Å². The molecule has 13 heteroatoms. The first-order chi connectivity index (χ1) is 17.3. The highest BCUT2D eigenvalue weighted by atomic mass is 32.2. The summed E-state index contributed by atoms with van der Waals surface area (Å²) >= 11 is 0. The molecule has 37 heavy (non-hydrogen) atoms. The van der Waals surface area contributed by atoms with E-state index in [0.717, 1.165) is 18.6 Å². The van der Waals surface area contributed by atoms with Crippen LogP contribution in [0.3, 0.4) is 0 Å². The molecule has 198 valence electrons. The van der Waals surface area contributed by atoms with E-state index in [2.05, 4.69) is 9.97 Å². The first-order valence-electron chi connectivity index (χ1n) is 11.0. The number of aromatic amines is 1. The van der Waals surface area contributed by atoms with Gasteiger partial charge in [0.1, 0.15) is 24.1 Å². The number of benzene rings is 2. The predicted octanol–water partition coefficient (Wildman–Crippen LogP) is 3.87. The van der Waals surface area contributed by atoms with Crippen molar-refractivity contribution in [2.75, 3.05) is 6.26 Å². The second kappa shape index (κ2) is 11.0. The average Bonchev–Trinajstić information content (AvgIpc) is 3.24. The summed E-state index contributed by atoms with van der Waals surface area (Å²) in [6.07, 6.45) is -1.06. The molecule has 1 amide bonds. The number of aryl methyl sites for hydroxylation is 1. The Bertz CT molecular complexity index is 1390. The molecule has 1 aromatic heterocycles. The van der Waals surface area contributed by atoms with Gasteiger partial charge in [0.25, 0.3) is 5.91 Å². The fraction of sp³-hybridized carbons (Fsp3) is 0.292. The molecule has 0 aliphatic rings. The third kappa shape index (κ3) is 7.32. The number of nitrogens with one attached hydrogen (secondary N) is 2. The zero-order valence-corrected chi connectivity index (χ0v) is 20.6. The maximum Gasteiger partial charge on any atom is 0.416 e. The molecule has 2 aromatic carbocycles. The molecule has 0 radical (unpaired) electrons. The number of sulfonamides is 1. The van der Waals surface area contributed by atoms with E-state index in [4.69, 9.17) is 4.74 Å². The Labute approximate surface area is 210 Å². The van der Waals surface area contributed by atoms with Gasteiger partial charge in [-0.2, -0.15) is 13.2 Å². The molecule has 0 bridgehead atoms. The predicted molar refractivity (Wildman–Crippen MR) is 127 cm³/mol. The third-order valence-electron chi connectivity index (χ3n) is 5.26. The van der Waals surface area contributed by atoms with Crippen LogP contribution < -0.4 is 9.46 Å². The Morgan fingerprint density at radius 1 is 1.16 bits per heavy atom. The summed E-state index contributed by atoms with van der Waals surface area (Å²) in [4.78, 5) is 31.5. The molecule has 3 aromatic rings. The van der Waals surface area contributed by atoms with Gasteiger partial charge >= 0.3 is 12.1 Å². The number of rotatable bonds is 10. The normalized spacial score (nSPS) is 12.7. The number of aliphatic carboxylic acids is 1. The Balaban J connectivity index is 1.82. The summed E-state index contributed by atoms with van der Waals surface area (Å²) < 4.78 is 69.5. The Morgan fingerprint density at radius 3 is 2.41 bits per heavy atom. The van der Waals surface area contributed by atoms with Gasteiger partial charge in [0, 0.05) is 23.7 Å². The molecule has 0 fully saturated rings. The summed E-state index contributed by atoms with van der Waals surface area (Å²) in [6, 6.07) is 8.35. The number of nitrogens with zero attached hydrogens (tertiary/aromatic N) is 1. The van der Waals surface area contributed by atoms with Crippen molar-refractivity contribution < 1.29 is 41.0 Å². The van der Waals surface area contributed by atoms with Crippen LogP contribution in [0.15, 0.2) is 48.7 Å². The number of halogens is 3. The van der Waals surface area contributed by atoms with Crippen LogP contribution in [0, 0.1) is 0 Å². The average molecular weight is 540 g/mol. The van der Waals surface area contributed by atoms with Crippen LogP contribution in [0.25, 0.3) is 0 Å². The van der Waals surface area contributed by atoms with Crippen molar-refractivity contribution >= 4 is 21.9 Å². The molecule has 1 unspecified atom stereocenters. The van der Waals surface area contributed by atoms with Crippen molar-refractivity contribution in [3.05, 3.63) is 82.4 Å². The minimum absolute atomic E-state index is 0.0163. The number of carbonyl (C=O) groups excluding carboxylic acids is 1. The monoisotopic (exact) mass is 539 g/mol. The molecule has 3 N–H and O–H groups in total. The quantitative estimate of drug-likeness (QED) is 0.356. The molecule has 0 aliphatic carbocycles. The SMILES string of the molecule is CCCc1ncc(C(C(=O)O)c2ccc(OCc3ccc(C(F)(F)F)cc3C(=O)NS(C)(=O)=O)cc2)[nH]1. The first-order valence-corrected chi connectivity index (χ1v) is 12.9. The molecule has 1 atom stereocenters. The highest BCUT2D eigenvalue weighted by Gasteiger charge is 2.32. The van der Waals surface area contributed by atoms with Crippen molar-refractivity contribution in [1.29, 1.82) is 0 Å². The lowest BCUT2D eigenvalue weighted by Crippen LogP contribution is -2.30. The number of aromatic nitrogens is 2. The summed E-state index contributed by atoms with van der Waals surface area (Å²) in [7, 11) is -4.03. The topological polar surface area (TPSA) is 138 Å². The van der Waals surface area contributed by atoms with Gasteiger partial charge in [0.2, 0.25) is 10.0 Å². The molecule has 1 heterocycles. The van der Waals surface area contributed by atoms with Gasteiger partial charge in [-0.1, -0.05) is 25.1 Å². The summed E-state index contributed by atoms with van der Waals surface area (Å²) in [6.45, 7) is 1.62. The van der Waals surface area contributed by atoms with Crippen molar-refractivity contribution in [2.45, 2.75) is 38.5 Å². The highest BCUT2D eigenvalue weighted by Crippen LogP contribution is 2.31. The number of ether oxygens (including phenoxy) is 1. The van der Waals surface area contributed by atoms with Crippen molar-refractivity contribution in [1.82, 2.24) is 14.7 Å². The number of carboxylic acid groups (broad SMARTS) is 1. The maximum atomic E-state index is 13.1. The van der Waals surface area contributed by atoms with Gasteiger partial charge in [-0.25, -0.2) is 18.1 Å². The standard InChI is InChI=1S/C24H24F3N3O6S/c1-3-4-20-28-12-19(29-20)21(23(32)33)14-6-9-17(10-7-14)36-13-15-5-8-16(24(25,26)27)11-18(15)22(31)30-37(2,34)35/h5-12,21H,3-4,13H2,1-2H3,(H,28,29)(H,30,31)(H,32,33). The van der Waals surface area contributed by atoms with E-state index in [1.165, 1.54) is 30.5 Å². The maximum absolute atomic E-state index is 13.1. The van der Waals surface area contributed by atoms with Crippen LogP contribution >= 0.6 is 0 Å². The lowest BCUT2D eigenvalue weighted by molar-refractivity contribution is -0.138. The van der Waals surface area contributed by atoms with E-state index in [1.54, 1.807) is 4.72 Å². The number of alkyl halides is 3.